The maximum atomic E-state index is 13.4. The van der Waals surface area contributed by atoms with E-state index in [1.807, 2.05) is 48.7 Å². The highest BCUT2D eigenvalue weighted by Gasteiger charge is 2.17. The van der Waals surface area contributed by atoms with Gasteiger partial charge >= 0.3 is 0 Å². The molecule has 0 aliphatic heterocycles. The lowest BCUT2D eigenvalue weighted by atomic mass is 10.1. The number of thiazole rings is 1. The molecule has 0 unspecified atom stereocenters. The number of nitrogens with zero attached hydrogens (tertiary/aromatic N) is 7. The molecule has 0 saturated heterocycles. The predicted octanol–water partition coefficient (Wildman–Crippen LogP) is 4.43. The maximum Gasteiger partial charge on any atom is 0.297 e. The molecule has 0 N–H and O–H groups in total. The summed E-state index contributed by atoms with van der Waals surface area (Å²) in [5.41, 5.74) is 3.19. The second-order valence-corrected chi connectivity index (χ2v) is 8.88. The van der Waals surface area contributed by atoms with Crippen LogP contribution in [0, 0.1) is 17.0 Å². The summed E-state index contributed by atoms with van der Waals surface area (Å²) >= 11 is 1.28. The summed E-state index contributed by atoms with van der Waals surface area (Å²) in [4.78, 5) is 33.8. The first-order chi connectivity index (χ1) is 17.9. The van der Waals surface area contributed by atoms with Gasteiger partial charge in [-0.15, -0.1) is 11.3 Å². The van der Waals surface area contributed by atoms with Crippen molar-refractivity contribution < 1.29 is 4.92 Å². The molecule has 5 rings (SSSR count). The van der Waals surface area contributed by atoms with Crippen molar-refractivity contribution in [3.8, 4) is 16.9 Å². The molecule has 3 heterocycles. The third-order valence-corrected chi connectivity index (χ3v) is 6.58. The number of hydrogen-bond donors (Lipinski definition) is 0. The van der Waals surface area contributed by atoms with E-state index in [1.165, 1.54) is 23.5 Å². The number of non-ortho nitro benzene ring substituents is 1. The Labute approximate surface area is 214 Å². The fourth-order valence-electron chi connectivity index (χ4n) is 3.81. The average molecular weight is 512 g/mol. The van der Waals surface area contributed by atoms with Gasteiger partial charge in [-0.05, 0) is 31.2 Å². The van der Waals surface area contributed by atoms with Gasteiger partial charge in [0, 0.05) is 36.3 Å². The Bertz CT molecular complexity index is 1750. The monoisotopic (exact) mass is 511 g/mol. The van der Waals surface area contributed by atoms with E-state index >= 15 is 0 Å². The topological polar surface area (TPSA) is 113 Å². The molecular formula is C26H21N7O3S. The van der Waals surface area contributed by atoms with Crippen LogP contribution in [0.15, 0.2) is 99.3 Å². The molecule has 0 saturated carbocycles. The second kappa shape index (κ2) is 9.99. The minimum Gasteiger partial charge on any atom is -0.283 e. The van der Waals surface area contributed by atoms with E-state index in [0.29, 0.717) is 27.4 Å². The summed E-state index contributed by atoms with van der Waals surface area (Å²) in [6.45, 7) is 1.83. The summed E-state index contributed by atoms with van der Waals surface area (Å²) in [6, 6.07) is 21.1. The first kappa shape index (κ1) is 23.8. The molecule has 3 aromatic heterocycles. The van der Waals surface area contributed by atoms with Crippen LogP contribution >= 0.6 is 11.3 Å². The Morgan fingerprint density at radius 3 is 2.57 bits per heavy atom. The lowest BCUT2D eigenvalue weighted by Gasteiger charge is -2.07. The fourth-order valence-corrected chi connectivity index (χ4v) is 4.66. The quantitative estimate of drug-likeness (QED) is 0.191. The molecule has 2 aromatic carbocycles. The van der Waals surface area contributed by atoms with Gasteiger partial charge in [-0.1, -0.05) is 36.4 Å². The number of pyridine rings is 1. The Kier molecular flexibility index (Phi) is 6.43. The minimum atomic E-state index is -0.442. The lowest BCUT2D eigenvalue weighted by Crippen LogP contribution is -2.19. The summed E-state index contributed by atoms with van der Waals surface area (Å²) in [7, 11) is 1.80. The van der Waals surface area contributed by atoms with E-state index in [2.05, 4.69) is 10.1 Å². The number of nitro benzene ring substituents is 1. The molecule has 0 amide bonds. The van der Waals surface area contributed by atoms with Crippen molar-refractivity contribution in [1.82, 2.24) is 19.0 Å². The summed E-state index contributed by atoms with van der Waals surface area (Å²) in [6.07, 6.45) is 3.23. The number of aromatic nitrogens is 4. The highest BCUT2D eigenvalue weighted by atomic mass is 32.1. The van der Waals surface area contributed by atoms with Crippen molar-refractivity contribution in [2.24, 2.45) is 17.1 Å². The largest absolute Gasteiger partial charge is 0.297 e. The third-order valence-electron chi connectivity index (χ3n) is 5.76. The molecule has 0 fully saturated rings. The van der Waals surface area contributed by atoms with Crippen LogP contribution in [0.2, 0.25) is 0 Å². The molecule has 0 aliphatic rings. The van der Waals surface area contributed by atoms with Crippen molar-refractivity contribution in [1.29, 1.82) is 0 Å². The fraction of sp³-hybridized carbons (Fsp3) is 0.0769. The van der Waals surface area contributed by atoms with Gasteiger partial charge in [-0.2, -0.15) is 5.10 Å². The van der Waals surface area contributed by atoms with E-state index in [1.54, 1.807) is 57.8 Å². The molecule has 0 aliphatic carbocycles. The number of rotatable bonds is 6. The van der Waals surface area contributed by atoms with Gasteiger partial charge < -0.3 is 0 Å². The highest BCUT2D eigenvalue weighted by Crippen LogP contribution is 2.25. The summed E-state index contributed by atoms with van der Waals surface area (Å²) < 4.78 is 4.88. The van der Waals surface area contributed by atoms with Crippen molar-refractivity contribution in [3.63, 3.8) is 0 Å². The Hall–Kier alpha value is -4.90. The number of benzene rings is 2. The maximum absolute atomic E-state index is 13.4. The molecule has 0 bridgehead atoms. The standard InChI is InChI=1S/C26H21N7O3S/c1-18-24(25(34)32(30(18)2)21-11-4-3-5-12-21)29-26-31(28-16-20-10-6-7-14-27-20)23(17-37-26)19-9-8-13-22(15-19)33(35)36/h3-17H,1-2H3. The zero-order valence-electron chi connectivity index (χ0n) is 19.9. The molecular weight excluding hydrogens is 490 g/mol. The van der Waals surface area contributed by atoms with Crippen molar-refractivity contribution in [2.75, 3.05) is 0 Å². The first-order valence-corrected chi connectivity index (χ1v) is 12.1. The Morgan fingerprint density at radius 2 is 1.84 bits per heavy atom. The summed E-state index contributed by atoms with van der Waals surface area (Å²) in [5.74, 6) is 0. The van der Waals surface area contributed by atoms with Gasteiger partial charge in [-0.3, -0.25) is 24.6 Å². The van der Waals surface area contributed by atoms with E-state index in [0.717, 1.165) is 5.69 Å². The van der Waals surface area contributed by atoms with Gasteiger partial charge in [0.25, 0.3) is 11.2 Å². The average Bonchev–Trinajstić information content (AvgIpc) is 3.42. The van der Waals surface area contributed by atoms with Gasteiger partial charge in [-0.25, -0.2) is 14.4 Å². The SMILES string of the molecule is Cc1c(N=c2scc(-c3cccc([N+](=O)[O-])c3)n2N=Cc2ccccn2)c(=O)n(-c2ccccc2)n1C. The van der Waals surface area contributed by atoms with E-state index in [-0.39, 0.29) is 16.9 Å². The molecule has 11 heteroatoms. The zero-order chi connectivity index (χ0) is 25.9. The van der Waals surface area contributed by atoms with Crippen molar-refractivity contribution >= 4 is 28.9 Å². The molecule has 0 spiro atoms. The molecule has 5 aromatic rings. The van der Waals surface area contributed by atoms with Crippen LogP contribution in [0.3, 0.4) is 0 Å². The van der Waals surface area contributed by atoms with Gasteiger partial charge in [0.15, 0.2) is 5.69 Å². The van der Waals surface area contributed by atoms with Gasteiger partial charge in [0.05, 0.1) is 33.9 Å². The van der Waals surface area contributed by atoms with Crippen LogP contribution in [0.4, 0.5) is 11.4 Å². The highest BCUT2D eigenvalue weighted by molar-refractivity contribution is 7.07. The van der Waals surface area contributed by atoms with Crippen LogP contribution in [0.5, 0.6) is 0 Å². The Morgan fingerprint density at radius 1 is 1.05 bits per heavy atom. The molecule has 10 nitrogen and oxygen atoms in total. The van der Waals surface area contributed by atoms with Crippen LogP contribution in [0.25, 0.3) is 16.9 Å². The predicted molar refractivity (Wildman–Crippen MR) is 143 cm³/mol. The molecule has 0 atom stereocenters. The number of para-hydroxylation sites is 1. The molecule has 37 heavy (non-hydrogen) atoms. The zero-order valence-corrected chi connectivity index (χ0v) is 20.7. The molecule has 0 radical (unpaired) electrons. The van der Waals surface area contributed by atoms with E-state index < -0.39 is 4.92 Å². The normalized spacial score (nSPS) is 11.9. The van der Waals surface area contributed by atoms with Crippen LogP contribution < -0.4 is 10.4 Å². The van der Waals surface area contributed by atoms with Gasteiger partial charge in [0.1, 0.15) is 0 Å². The van der Waals surface area contributed by atoms with Crippen molar-refractivity contribution in [2.45, 2.75) is 6.92 Å². The second-order valence-electron chi connectivity index (χ2n) is 8.04. The van der Waals surface area contributed by atoms with Crippen LogP contribution in [-0.4, -0.2) is 30.2 Å². The van der Waals surface area contributed by atoms with Crippen molar-refractivity contribution in [3.05, 3.63) is 121 Å². The first-order valence-electron chi connectivity index (χ1n) is 11.2. The summed E-state index contributed by atoms with van der Waals surface area (Å²) in [5, 5.41) is 17.8. The Balaban J connectivity index is 1.71. The van der Waals surface area contributed by atoms with E-state index in [9.17, 15) is 14.9 Å². The smallest absolute Gasteiger partial charge is 0.283 e. The third kappa shape index (κ3) is 4.67. The van der Waals surface area contributed by atoms with E-state index in [4.69, 9.17) is 4.99 Å². The van der Waals surface area contributed by atoms with Crippen LogP contribution in [-0.2, 0) is 7.05 Å². The van der Waals surface area contributed by atoms with Gasteiger partial charge in [0.2, 0.25) is 4.80 Å². The molecule has 184 valence electrons. The number of nitro groups is 1. The number of hydrogen-bond acceptors (Lipinski definition) is 7. The van der Waals surface area contributed by atoms with Crippen LogP contribution in [0.1, 0.15) is 11.4 Å². The lowest BCUT2D eigenvalue weighted by molar-refractivity contribution is -0.384. The minimum absolute atomic E-state index is 0.0351.